The summed E-state index contributed by atoms with van der Waals surface area (Å²) >= 11 is 3.41. The van der Waals surface area contributed by atoms with Crippen LogP contribution in [0.5, 0.6) is 5.75 Å². The molecule has 3 aromatic carbocycles. The van der Waals surface area contributed by atoms with E-state index in [1.165, 1.54) is 0 Å². The minimum atomic E-state index is -0.150. The quantitative estimate of drug-likeness (QED) is 0.593. The van der Waals surface area contributed by atoms with Crippen molar-refractivity contribution in [3.63, 3.8) is 0 Å². The Bertz CT molecular complexity index is 863. The fraction of sp³-hybridized carbons (Fsp3) is 0.136. The standard InChI is InChI=1S/C22H20BrNO2/c1-16(17-11-13-19(23)14-12-17)24-22(25)15-26-21-10-6-5-9-20(21)18-7-3-2-4-8-18/h2-14,16H,15H2,1H3,(H,24,25)/t16-/m0/s1. The van der Waals surface area contributed by atoms with Gasteiger partial charge in [0, 0.05) is 10.0 Å². The largest absolute Gasteiger partial charge is 0.483 e. The number of halogens is 1. The summed E-state index contributed by atoms with van der Waals surface area (Å²) in [6.07, 6.45) is 0. The summed E-state index contributed by atoms with van der Waals surface area (Å²) in [6.45, 7) is 1.93. The normalized spacial score (nSPS) is 11.6. The number of carbonyl (C=O) groups is 1. The van der Waals surface area contributed by atoms with Crippen LogP contribution in [0.25, 0.3) is 11.1 Å². The van der Waals surface area contributed by atoms with Crippen molar-refractivity contribution in [2.75, 3.05) is 6.61 Å². The summed E-state index contributed by atoms with van der Waals surface area (Å²) in [4.78, 5) is 12.3. The van der Waals surface area contributed by atoms with E-state index in [1.807, 2.05) is 85.8 Å². The van der Waals surface area contributed by atoms with Crippen molar-refractivity contribution < 1.29 is 9.53 Å². The first kappa shape index (κ1) is 18.2. The minimum Gasteiger partial charge on any atom is -0.483 e. The van der Waals surface area contributed by atoms with Gasteiger partial charge in [0.15, 0.2) is 6.61 Å². The number of carbonyl (C=O) groups excluding carboxylic acids is 1. The fourth-order valence-corrected chi connectivity index (χ4v) is 2.97. The number of hydrogen-bond acceptors (Lipinski definition) is 2. The molecule has 0 aromatic heterocycles. The monoisotopic (exact) mass is 409 g/mol. The van der Waals surface area contributed by atoms with Crippen LogP contribution in [0, 0.1) is 0 Å². The van der Waals surface area contributed by atoms with Gasteiger partial charge >= 0.3 is 0 Å². The molecule has 1 amide bonds. The lowest BCUT2D eigenvalue weighted by molar-refractivity contribution is -0.123. The van der Waals surface area contributed by atoms with Crippen molar-refractivity contribution in [1.29, 1.82) is 0 Å². The Hall–Kier alpha value is -2.59. The first-order valence-corrected chi connectivity index (χ1v) is 9.25. The zero-order valence-electron chi connectivity index (χ0n) is 14.5. The topological polar surface area (TPSA) is 38.3 Å². The van der Waals surface area contributed by atoms with Gasteiger partial charge in [0.25, 0.3) is 5.91 Å². The molecule has 0 bridgehead atoms. The van der Waals surface area contributed by atoms with E-state index in [-0.39, 0.29) is 18.6 Å². The molecule has 0 aliphatic heterocycles. The van der Waals surface area contributed by atoms with Gasteiger partial charge in [-0.15, -0.1) is 0 Å². The molecule has 26 heavy (non-hydrogen) atoms. The van der Waals surface area contributed by atoms with Gasteiger partial charge in [-0.1, -0.05) is 76.6 Å². The van der Waals surface area contributed by atoms with Crippen LogP contribution >= 0.6 is 15.9 Å². The van der Waals surface area contributed by atoms with Gasteiger partial charge in [-0.3, -0.25) is 4.79 Å². The molecule has 3 rings (SSSR count). The third-order valence-corrected chi connectivity index (χ3v) is 4.61. The van der Waals surface area contributed by atoms with Crippen molar-refractivity contribution in [1.82, 2.24) is 5.32 Å². The lowest BCUT2D eigenvalue weighted by Gasteiger charge is -2.16. The highest BCUT2D eigenvalue weighted by Crippen LogP contribution is 2.29. The van der Waals surface area contributed by atoms with Crippen molar-refractivity contribution in [2.45, 2.75) is 13.0 Å². The molecule has 0 unspecified atom stereocenters. The first-order valence-electron chi connectivity index (χ1n) is 8.45. The summed E-state index contributed by atoms with van der Waals surface area (Å²) in [5, 5.41) is 2.97. The molecule has 1 atom stereocenters. The molecule has 3 nitrogen and oxygen atoms in total. The molecule has 0 saturated carbocycles. The Kier molecular flexibility index (Phi) is 6.08. The Morgan fingerprint density at radius 1 is 0.962 bits per heavy atom. The molecule has 0 saturated heterocycles. The van der Waals surface area contributed by atoms with Crippen molar-refractivity contribution >= 4 is 21.8 Å². The molecule has 4 heteroatoms. The highest BCUT2D eigenvalue weighted by atomic mass is 79.9. The predicted molar refractivity (Wildman–Crippen MR) is 108 cm³/mol. The molecule has 0 heterocycles. The van der Waals surface area contributed by atoms with Crippen LogP contribution in [-0.4, -0.2) is 12.5 Å². The van der Waals surface area contributed by atoms with Crippen LogP contribution in [-0.2, 0) is 4.79 Å². The third kappa shape index (κ3) is 4.73. The molecular formula is C22H20BrNO2. The van der Waals surface area contributed by atoms with Gasteiger partial charge in [0.1, 0.15) is 5.75 Å². The second-order valence-corrected chi connectivity index (χ2v) is 6.91. The number of para-hydroxylation sites is 1. The average molecular weight is 410 g/mol. The van der Waals surface area contributed by atoms with E-state index in [1.54, 1.807) is 0 Å². The number of benzene rings is 3. The summed E-state index contributed by atoms with van der Waals surface area (Å²) in [7, 11) is 0. The van der Waals surface area contributed by atoms with E-state index in [4.69, 9.17) is 4.74 Å². The maximum absolute atomic E-state index is 12.3. The van der Waals surface area contributed by atoms with E-state index in [2.05, 4.69) is 21.2 Å². The van der Waals surface area contributed by atoms with Crippen LogP contribution in [0.4, 0.5) is 0 Å². The van der Waals surface area contributed by atoms with Gasteiger partial charge < -0.3 is 10.1 Å². The highest BCUT2D eigenvalue weighted by Gasteiger charge is 2.12. The van der Waals surface area contributed by atoms with Gasteiger partial charge in [0.2, 0.25) is 0 Å². The van der Waals surface area contributed by atoms with Crippen molar-refractivity contribution in [3.8, 4) is 16.9 Å². The molecule has 1 N–H and O–H groups in total. The number of rotatable bonds is 6. The molecule has 0 radical (unpaired) electrons. The van der Waals surface area contributed by atoms with Crippen LogP contribution in [0.3, 0.4) is 0 Å². The smallest absolute Gasteiger partial charge is 0.258 e. The van der Waals surface area contributed by atoms with E-state index >= 15 is 0 Å². The predicted octanol–water partition coefficient (Wildman–Crippen LogP) is 5.37. The van der Waals surface area contributed by atoms with Gasteiger partial charge in [-0.25, -0.2) is 0 Å². The lowest BCUT2D eigenvalue weighted by Crippen LogP contribution is -2.31. The van der Waals surface area contributed by atoms with Gasteiger partial charge in [0.05, 0.1) is 6.04 Å². The van der Waals surface area contributed by atoms with E-state index < -0.39 is 0 Å². The first-order chi connectivity index (χ1) is 12.6. The number of nitrogens with one attached hydrogen (secondary N) is 1. The van der Waals surface area contributed by atoms with Crippen molar-refractivity contribution in [3.05, 3.63) is 88.9 Å². The van der Waals surface area contributed by atoms with E-state index in [9.17, 15) is 4.79 Å². The molecule has 0 fully saturated rings. The zero-order chi connectivity index (χ0) is 18.4. The molecule has 132 valence electrons. The second-order valence-electron chi connectivity index (χ2n) is 5.99. The SMILES string of the molecule is C[C@H](NC(=O)COc1ccccc1-c1ccccc1)c1ccc(Br)cc1. The molecule has 0 aliphatic rings. The number of hydrogen-bond donors (Lipinski definition) is 1. The minimum absolute atomic E-state index is 0.0231. The maximum Gasteiger partial charge on any atom is 0.258 e. The zero-order valence-corrected chi connectivity index (χ0v) is 16.1. The summed E-state index contributed by atoms with van der Waals surface area (Å²) in [5.41, 5.74) is 3.08. The van der Waals surface area contributed by atoms with Crippen LogP contribution < -0.4 is 10.1 Å². The Balaban J connectivity index is 1.62. The maximum atomic E-state index is 12.3. The number of amides is 1. The van der Waals surface area contributed by atoms with E-state index in [0.717, 1.165) is 21.2 Å². The summed E-state index contributed by atoms with van der Waals surface area (Å²) < 4.78 is 6.80. The van der Waals surface area contributed by atoms with Crippen LogP contribution in [0.2, 0.25) is 0 Å². The molecule has 0 spiro atoms. The average Bonchev–Trinajstić information content (AvgIpc) is 2.68. The molecular weight excluding hydrogens is 390 g/mol. The van der Waals surface area contributed by atoms with Crippen LogP contribution in [0.1, 0.15) is 18.5 Å². The Labute approximate surface area is 162 Å². The highest BCUT2D eigenvalue weighted by molar-refractivity contribution is 9.10. The van der Waals surface area contributed by atoms with E-state index in [0.29, 0.717) is 5.75 Å². The summed E-state index contributed by atoms with van der Waals surface area (Å²) in [5.74, 6) is 0.549. The lowest BCUT2D eigenvalue weighted by atomic mass is 10.1. The molecule has 3 aromatic rings. The Morgan fingerprint density at radius 3 is 2.35 bits per heavy atom. The Morgan fingerprint density at radius 2 is 1.62 bits per heavy atom. The fourth-order valence-electron chi connectivity index (χ4n) is 2.71. The molecule has 0 aliphatic carbocycles. The number of ether oxygens (including phenoxy) is 1. The second kappa shape index (κ2) is 8.68. The van der Waals surface area contributed by atoms with Crippen LogP contribution in [0.15, 0.2) is 83.3 Å². The van der Waals surface area contributed by atoms with Gasteiger partial charge in [-0.2, -0.15) is 0 Å². The van der Waals surface area contributed by atoms with Crippen molar-refractivity contribution in [2.24, 2.45) is 0 Å². The van der Waals surface area contributed by atoms with Gasteiger partial charge in [-0.05, 0) is 36.2 Å². The summed E-state index contributed by atoms with van der Waals surface area (Å²) in [6, 6.07) is 25.6. The third-order valence-electron chi connectivity index (χ3n) is 4.08.